The largest absolute Gasteiger partial charge is 0.332 e. The summed E-state index contributed by atoms with van der Waals surface area (Å²) in [6.07, 6.45) is 0. The van der Waals surface area contributed by atoms with Crippen LogP contribution in [-0.2, 0) is 4.79 Å². The van der Waals surface area contributed by atoms with Gasteiger partial charge in [-0.15, -0.1) is 0 Å². The van der Waals surface area contributed by atoms with Crippen molar-refractivity contribution in [3.63, 3.8) is 0 Å². The van der Waals surface area contributed by atoms with Gasteiger partial charge in [0.1, 0.15) is 0 Å². The number of nitrogens with one attached hydrogen (secondary N) is 3. The Balaban J connectivity index is 1.85. The Labute approximate surface area is 148 Å². The third-order valence-corrected chi connectivity index (χ3v) is 4.00. The molecule has 0 saturated carbocycles. The van der Waals surface area contributed by atoms with Crippen molar-refractivity contribution in [3.8, 4) is 0 Å². The molecule has 0 aliphatic rings. The Morgan fingerprint density at radius 3 is 2.20 bits per heavy atom. The second-order valence-corrected chi connectivity index (χ2v) is 6.28. The summed E-state index contributed by atoms with van der Waals surface area (Å²) in [5.41, 5.74) is 4.98. The van der Waals surface area contributed by atoms with Crippen LogP contribution in [0.5, 0.6) is 0 Å². The van der Waals surface area contributed by atoms with Gasteiger partial charge in [0.25, 0.3) is 0 Å². The predicted molar refractivity (Wildman–Crippen MR) is 101 cm³/mol. The zero-order valence-corrected chi connectivity index (χ0v) is 15.1. The Morgan fingerprint density at radius 2 is 1.60 bits per heavy atom. The zero-order chi connectivity index (χ0) is 18.4. The van der Waals surface area contributed by atoms with Gasteiger partial charge < -0.3 is 16.0 Å². The molecule has 5 heteroatoms. The fourth-order valence-corrected chi connectivity index (χ4v) is 2.79. The van der Waals surface area contributed by atoms with Gasteiger partial charge in [0.05, 0.1) is 12.6 Å². The number of carbonyl (C=O) groups is 2. The standard InChI is InChI=1S/C20H25N3O2/c1-13-10-14(2)19(15(3)11-13)23-18(24)12-21-20(25)22-16(4)17-8-6-5-7-9-17/h5-11,16H,12H2,1-4H3,(H,23,24)(H2,21,22,25). The van der Waals surface area contributed by atoms with E-state index in [1.54, 1.807) is 0 Å². The average molecular weight is 339 g/mol. The summed E-state index contributed by atoms with van der Waals surface area (Å²) in [6, 6.07) is 13.2. The molecule has 132 valence electrons. The van der Waals surface area contributed by atoms with E-state index < -0.39 is 0 Å². The van der Waals surface area contributed by atoms with Crippen molar-refractivity contribution in [3.05, 3.63) is 64.7 Å². The highest BCUT2D eigenvalue weighted by Gasteiger charge is 2.12. The Morgan fingerprint density at radius 1 is 1.00 bits per heavy atom. The number of rotatable bonds is 5. The molecule has 0 aromatic heterocycles. The van der Waals surface area contributed by atoms with Gasteiger partial charge in [-0.2, -0.15) is 0 Å². The van der Waals surface area contributed by atoms with Crippen molar-refractivity contribution in [1.29, 1.82) is 0 Å². The van der Waals surface area contributed by atoms with Crippen LogP contribution in [-0.4, -0.2) is 18.5 Å². The topological polar surface area (TPSA) is 70.2 Å². The number of benzene rings is 2. The highest BCUT2D eigenvalue weighted by atomic mass is 16.2. The number of amides is 3. The van der Waals surface area contributed by atoms with Gasteiger partial charge in [-0.05, 0) is 44.4 Å². The molecule has 0 saturated heterocycles. The average Bonchev–Trinajstić information content (AvgIpc) is 2.57. The maximum Gasteiger partial charge on any atom is 0.315 e. The molecule has 1 atom stereocenters. The fourth-order valence-electron chi connectivity index (χ4n) is 2.79. The lowest BCUT2D eigenvalue weighted by molar-refractivity contribution is -0.115. The normalized spacial score (nSPS) is 11.5. The lowest BCUT2D eigenvalue weighted by atomic mass is 10.1. The molecular weight excluding hydrogens is 314 g/mol. The Kier molecular flexibility index (Phi) is 6.17. The monoisotopic (exact) mass is 339 g/mol. The van der Waals surface area contributed by atoms with E-state index in [4.69, 9.17) is 0 Å². The molecule has 1 unspecified atom stereocenters. The van der Waals surface area contributed by atoms with Crippen LogP contribution < -0.4 is 16.0 Å². The van der Waals surface area contributed by atoms with E-state index in [9.17, 15) is 9.59 Å². The molecular formula is C20H25N3O2. The van der Waals surface area contributed by atoms with Gasteiger partial charge in [0.15, 0.2) is 0 Å². The van der Waals surface area contributed by atoms with E-state index in [1.165, 1.54) is 0 Å². The Hall–Kier alpha value is -2.82. The van der Waals surface area contributed by atoms with Crippen LogP contribution in [0.3, 0.4) is 0 Å². The van der Waals surface area contributed by atoms with Crippen LogP contribution in [0.1, 0.15) is 35.2 Å². The molecule has 3 N–H and O–H groups in total. The van der Waals surface area contributed by atoms with Gasteiger partial charge in [0.2, 0.25) is 5.91 Å². The number of urea groups is 1. The first-order valence-corrected chi connectivity index (χ1v) is 8.34. The third-order valence-electron chi connectivity index (χ3n) is 4.00. The molecule has 0 bridgehead atoms. The quantitative estimate of drug-likeness (QED) is 0.779. The number of hydrogen-bond donors (Lipinski definition) is 3. The van der Waals surface area contributed by atoms with E-state index >= 15 is 0 Å². The maximum absolute atomic E-state index is 12.1. The second kappa shape index (κ2) is 8.33. The SMILES string of the molecule is Cc1cc(C)c(NC(=O)CNC(=O)NC(C)c2ccccc2)c(C)c1. The molecule has 0 aliphatic heterocycles. The lowest BCUT2D eigenvalue weighted by Crippen LogP contribution is -2.41. The summed E-state index contributed by atoms with van der Waals surface area (Å²) in [7, 11) is 0. The van der Waals surface area contributed by atoms with Gasteiger partial charge in [0, 0.05) is 5.69 Å². The minimum absolute atomic E-state index is 0.0832. The minimum atomic E-state index is -0.371. The van der Waals surface area contributed by atoms with E-state index in [0.717, 1.165) is 27.9 Å². The molecule has 0 spiro atoms. The number of aryl methyl sites for hydroxylation is 3. The molecule has 0 radical (unpaired) electrons. The molecule has 25 heavy (non-hydrogen) atoms. The van der Waals surface area contributed by atoms with Crippen LogP contribution in [0, 0.1) is 20.8 Å². The van der Waals surface area contributed by atoms with Crippen molar-refractivity contribution in [2.45, 2.75) is 33.7 Å². The summed E-state index contributed by atoms with van der Waals surface area (Å²) < 4.78 is 0. The first-order chi connectivity index (χ1) is 11.9. The number of anilines is 1. The summed E-state index contributed by atoms with van der Waals surface area (Å²) >= 11 is 0. The van der Waals surface area contributed by atoms with E-state index in [1.807, 2.05) is 70.2 Å². The summed E-state index contributed by atoms with van der Waals surface area (Å²) in [5, 5.41) is 8.27. The second-order valence-electron chi connectivity index (χ2n) is 6.28. The van der Waals surface area contributed by atoms with Crippen LogP contribution in [0.2, 0.25) is 0 Å². The van der Waals surface area contributed by atoms with Crippen molar-refractivity contribution < 1.29 is 9.59 Å². The smallest absolute Gasteiger partial charge is 0.315 e. The van der Waals surface area contributed by atoms with E-state index in [-0.39, 0.29) is 24.5 Å². The predicted octanol–water partition coefficient (Wildman–Crippen LogP) is 3.61. The van der Waals surface area contributed by atoms with Gasteiger partial charge >= 0.3 is 6.03 Å². The van der Waals surface area contributed by atoms with Gasteiger partial charge in [-0.3, -0.25) is 4.79 Å². The van der Waals surface area contributed by atoms with Crippen molar-refractivity contribution in [2.75, 3.05) is 11.9 Å². The molecule has 5 nitrogen and oxygen atoms in total. The molecule has 2 aromatic carbocycles. The maximum atomic E-state index is 12.1. The van der Waals surface area contributed by atoms with Crippen molar-refractivity contribution >= 4 is 17.6 Å². The van der Waals surface area contributed by atoms with Crippen LogP contribution >= 0.6 is 0 Å². The molecule has 0 aliphatic carbocycles. The molecule has 2 aromatic rings. The molecule has 2 rings (SSSR count). The lowest BCUT2D eigenvalue weighted by Gasteiger charge is -2.16. The van der Waals surface area contributed by atoms with Crippen molar-refractivity contribution in [2.24, 2.45) is 0 Å². The van der Waals surface area contributed by atoms with Crippen LogP contribution in [0.15, 0.2) is 42.5 Å². The van der Waals surface area contributed by atoms with Gasteiger partial charge in [-0.25, -0.2) is 4.79 Å². The Bertz CT molecular complexity index is 734. The third kappa shape index (κ3) is 5.35. The van der Waals surface area contributed by atoms with E-state index in [2.05, 4.69) is 16.0 Å². The van der Waals surface area contributed by atoms with E-state index in [0.29, 0.717) is 0 Å². The van der Waals surface area contributed by atoms with Crippen LogP contribution in [0.25, 0.3) is 0 Å². The van der Waals surface area contributed by atoms with Crippen LogP contribution in [0.4, 0.5) is 10.5 Å². The summed E-state index contributed by atoms with van der Waals surface area (Å²) in [6.45, 7) is 7.74. The fraction of sp³-hybridized carbons (Fsp3) is 0.300. The number of carbonyl (C=O) groups excluding carboxylic acids is 2. The first-order valence-electron chi connectivity index (χ1n) is 8.34. The summed E-state index contributed by atoms with van der Waals surface area (Å²) in [5.74, 6) is -0.252. The summed E-state index contributed by atoms with van der Waals surface area (Å²) in [4.78, 5) is 24.1. The molecule has 3 amide bonds. The molecule has 0 fully saturated rings. The highest BCUT2D eigenvalue weighted by molar-refractivity contribution is 5.95. The van der Waals surface area contributed by atoms with Gasteiger partial charge in [-0.1, -0.05) is 48.0 Å². The number of hydrogen-bond acceptors (Lipinski definition) is 2. The highest BCUT2D eigenvalue weighted by Crippen LogP contribution is 2.21. The zero-order valence-electron chi connectivity index (χ0n) is 15.1. The minimum Gasteiger partial charge on any atom is -0.332 e. The molecule has 0 heterocycles. The van der Waals surface area contributed by atoms with Crippen molar-refractivity contribution in [1.82, 2.24) is 10.6 Å². The first kappa shape index (κ1) is 18.5.